The molecule has 0 spiro atoms. The first kappa shape index (κ1) is 6.04. The van der Waals surface area contributed by atoms with Crippen LogP contribution < -0.4 is 5.46 Å². The summed E-state index contributed by atoms with van der Waals surface area (Å²) in [6, 6.07) is 2.16. The van der Waals surface area contributed by atoms with Crippen LogP contribution in [0.1, 0.15) is 0 Å². The lowest BCUT2D eigenvalue weighted by Gasteiger charge is -1.86. The second-order valence-electron chi connectivity index (χ2n) is 2.56. The van der Waals surface area contributed by atoms with E-state index >= 15 is 0 Å². The Hall–Kier alpha value is -0.695. The van der Waals surface area contributed by atoms with Crippen molar-refractivity contribution in [3.05, 3.63) is 17.6 Å². The summed E-state index contributed by atoms with van der Waals surface area (Å²) in [6.45, 7) is 0. The van der Waals surface area contributed by atoms with Gasteiger partial charge < -0.3 is 4.57 Å². The summed E-state index contributed by atoms with van der Waals surface area (Å²) in [5, 5.41) is 2.14. The van der Waals surface area contributed by atoms with Crippen molar-refractivity contribution in [2.45, 2.75) is 0 Å². The minimum absolute atomic E-state index is 1.35. The fraction of sp³-hybridized carbons (Fsp3) is 0.143. The van der Waals surface area contributed by atoms with Crippen molar-refractivity contribution < 1.29 is 0 Å². The topological polar surface area (TPSA) is 4.93 Å². The second kappa shape index (κ2) is 1.89. The fourth-order valence-electron chi connectivity index (χ4n) is 1.29. The Balaban J connectivity index is 2.98. The summed E-state index contributed by atoms with van der Waals surface area (Å²) < 4.78 is 3.59. The highest BCUT2D eigenvalue weighted by atomic mass is 32.1. The second-order valence-corrected chi connectivity index (χ2v) is 3.47. The number of nitrogens with zero attached hydrogens (tertiary/aromatic N) is 1. The third-order valence-corrected chi connectivity index (χ3v) is 2.81. The van der Waals surface area contributed by atoms with Crippen LogP contribution in [0.25, 0.3) is 10.2 Å². The number of aromatic nitrogens is 1. The number of thiophene rings is 1. The minimum Gasteiger partial charge on any atom is -0.350 e. The molecule has 2 heterocycles. The largest absolute Gasteiger partial charge is 0.350 e. The average molecular weight is 149 g/mol. The summed E-state index contributed by atoms with van der Waals surface area (Å²) in [4.78, 5) is 0. The van der Waals surface area contributed by atoms with Gasteiger partial charge in [-0.25, -0.2) is 0 Å². The lowest BCUT2D eigenvalue weighted by molar-refractivity contribution is 0.973. The third kappa shape index (κ3) is 0.640. The molecule has 0 aliphatic rings. The molecule has 0 amide bonds. The summed E-state index contributed by atoms with van der Waals surface area (Å²) in [6.07, 6.45) is 2.17. The van der Waals surface area contributed by atoms with Crippen molar-refractivity contribution in [1.29, 1.82) is 0 Å². The summed E-state index contributed by atoms with van der Waals surface area (Å²) in [5.41, 5.74) is 2.73. The van der Waals surface area contributed by atoms with E-state index in [9.17, 15) is 0 Å². The highest BCUT2D eigenvalue weighted by Gasteiger charge is 2.01. The van der Waals surface area contributed by atoms with E-state index in [2.05, 4.69) is 37.1 Å². The molecule has 0 unspecified atom stereocenters. The predicted octanol–water partition coefficient (Wildman–Crippen LogP) is 0.498. The zero-order valence-corrected chi connectivity index (χ0v) is 6.90. The molecule has 0 aromatic carbocycles. The molecule has 2 aromatic rings. The maximum atomic E-state index is 2.17. The van der Waals surface area contributed by atoms with E-state index in [1.165, 1.54) is 15.7 Å². The van der Waals surface area contributed by atoms with Gasteiger partial charge in [0.15, 0.2) is 0 Å². The maximum absolute atomic E-state index is 2.17. The van der Waals surface area contributed by atoms with Crippen LogP contribution in [0.15, 0.2) is 17.6 Å². The van der Waals surface area contributed by atoms with E-state index in [0.29, 0.717) is 0 Å². The van der Waals surface area contributed by atoms with Crippen LogP contribution in [-0.2, 0) is 7.05 Å². The van der Waals surface area contributed by atoms with Gasteiger partial charge in [-0.3, -0.25) is 0 Å². The van der Waals surface area contributed by atoms with Crippen molar-refractivity contribution in [2.75, 3.05) is 0 Å². The minimum atomic E-state index is 1.35. The predicted molar refractivity (Wildman–Crippen MR) is 49.0 cm³/mol. The van der Waals surface area contributed by atoms with Crippen LogP contribution in [0.3, 0.4) is 0 Å². The summed E-state index contributed by atoms with van der Waals surface area (Å²) in [5.74, 6) is 0. The maximum Gasteiger partial charge on any atom is 0.143 e. The fourth-order valence-corrected chi connectivity index (χ4v) is 2.20. The molecule has 0 bridgehead atoms. The van der Waals surface area contributed by atoms with Crippen molar-refractivity contribution >= 4 is 34.9 Å². The van der Waals surface area contributed by atoms with Gasteiger partial charge in [0.25, 0.3) is 0 Å². The normalized spacial score (nSPS) is 10.9. The van der Waals surface area contributed by atoms with E-state index < -0.39 is 0 Å². The van der Waals surface area contributed by atoms with Crippen molar-refractivity contribution in [3.8, 4) is 0 Å². The molecule has 2 aromatic heterocycles. The average Bonchev–Trinajstić information content (AvgIpc) is 2.39. The van der Waals surface area contributed by atoms with Gasteiger partial charge in [-0.15, -0.1) is 11.3 Å². The first-order valence-corrected chi connectivity index (χ1v) is 4.16. The molecule has 0 saturated heterocycles. The van der Waals surface area contributed by atoms with Gasteiger partial charge >= 0.3 is 0 Å². The Labute approximate surface area is 64.7 Å². The Morgan fingerprint density at radius 2 is 2.40 bits per heavy atom. The lowest BCUT2D eigenvalue weighted by atomic mass is 10.0. The summed E-state index contributed by atoms with van der Waals surface area (Å²) in [7, 11) is 4.24. The molecule has 0 aliphatic heterocycles. The van der Waals surface area contributed by atoms with Crippen LogP contribution in [0, 0.1) is 0 Å². The number of fused-ring (bicyclic) bond motifs is 1. The summed E-state index contributed by atoms with van der Waals surface area (Å²) >= 11 is 1.81. The molecular formula is C7H8BNS. The van der Waals surface area contributed by atoms with Crippen LogP contribution in [0.5, 0.6) is 0 Å². The molecule has 50 valence electrons. The molecule has 0 radical (unpaired) electrons. The van der Waals surface area contributed by atoms with E-state index in [1.807, 2.05) is 11.3 Å². The Morgan fingerprint density at radius 1 is 1.60 bits per heavy atom. The van der Waals surface area contributed by atoms with Crippen molar-refractivity contribution in [3.63, 3.8) is 0 Å². The van der Waals surface area contributed by atoms with Gasteiger partial charge in [-0.1, -0.05) is 5.46 Å². The van der Waals surface area contributed by atoms with E-state index in [1.54, 1.807) is 0 Å². The standard InChI is InChI=1S/C7H8BNS/c1-9-4-5(8)7-6(9)2-3-10-7/h2-4H,8H2,1H3. The molecule has 2 rings (SSSR count). The molecule has 0 aliphatic carbocycles. The molecule has 0 fully saturated rings. The third-order valence-electron chi connectivity index (χ3n) is 1.77. The molecule has 3 heteroatoms. The van der Waals surface area contributed by atoms with Gasteiger partial charge in [-0.05, 0) is 17.6 Å². The lowest BCUT2D eigenvalue weighted by Crippen LogP contribution is -1.96. The Bertz CT molecular complexity index is 329. The Morgan fingerprint density at radius 3 is 3.10 bits per heavy atom. The molecule has 1 nitrogen and oxygen atoms in total. The smallest absolute Gasteiger partial charge is 0.143 e. The zero-order chi connectivity index (χ0) is 7.14. The molecule has 10 heavy (non-hydrogen) atoms. The first-order chi connectivity index (χ1) is 4.79. The zero-order valence-electron chi connectivity index (χ0n) is 6.09. The molecule has 0 atom stereocenters. The highest BCUT2D eigenvalue weighted by molar-refractivity contribution is 7.18. The van der Waals surface area contributed by atoms with Crippen LogP contribution in [0.4, 0.5) is 0 Å². The van der Waals surface area contributed by atoms with E-state index in [4.69, 9.17) is 0 Å². The number of aryl methyl sites for hydroxylation is 1. The van der Waals surface area contributed by atoms with Gasteiger partial charge in [-0.2, -0.15) is 0 Å². The number of rotatable bonds is 0. The van der Waals surface area contributed by atoms with Gasteiger partial charge in [0.2, 0.25) is 0 Å². The van der Waals surface area contributed by atoms with Crippen molar-refractivity contribution in [2.24, 2.45) is 7.05 Å². The van der Waals surface area contributed by atoms with Gasteiger partial charge in [0, 0.05) is 11.7 Å². The van der Waals surface area contributed by atoms with Crippen LogP contribution in [-0.4, -0.2) is 12.4 Å². The van der Waals surface area contributed by atoms with Crippen molar-refractivity contribution in [1.82, 2.24) is 4.57 Å². The monoisotopic (exact) mass is 149 g/mol. The molecule has 0 N–H and O–H groups in total. The number of hydrogen-bond acceptors (Lipinski definition) is 1. The quantitative estimate of drug-likeness (QED) is 0.480. The first-order valence-electron chi connectivity index (χ1n) is 3.28. The highest BCUT2D eigenvalue weighted by Crippen LogP contribution is 2.17. The van der Waals surface area contributed by atoms with Gasteiger partial charge in [0.1, 0.15) is 7.85 Å². The Kier molecular flexibility index (Phi) is 1.14. The van der Waals surface area contributed by atoms with Crippen LogP contribution in [0.2, 0.25) is 0 Å². The molecule has 0 saturated carbocycles. The van der Waals surface area contributed by atoms with Gasteiger partial charge in [0.05, 0.1) is 5.52 Å². The molecular weight excluding hydrogens is 141 g/mol. The van der Waals surface area contributed by atoms with Crippen LogP contribution >= 0.6 is 11.3 Å². The number of hydrogen-bond donors (Lipinski definition) is 0. The SMILES string of the molecule is Bc1cn(C)c2ccsc12. The van der Waals surface area contributed by atoms with E-state index in [-0.39, 0.29) is 0 Å². The van der Waals surface area contributed by atoms with E-state index in [0.717, 1.165) is 0 Å².